The fraction of sp³-hybridized carbons (Fsp3) is 0.700. The largest absolute Gasteiger partial charge is 0.310 e. The van der Waals surface area contributed by atoms with Crippen LogP contribution in [0.5, 0.6) is 0 Å². The Balaban J connectivity index is 3.23. The second-order valence-electron chi connectivity index (χ2n) is 4.84. The third-order valence-corrected chi connectivity index (χ3v) is 5.26. The van der Waals surface area contributed by atoms with E-state index in [-0.39, 0.29) is 5.41 Å². The van der Waals surface area contributed by atoms with Crippen molar-refractivity contribution >= 4 is 21.6 Å². The Bertz CT molecular complexity index is 485. The van der Waals surface area contributed by atoms with Crippen LogP contribution in [0, 0.1) is 6.92 Å². The second kappa shape index (κ2) is 4.07. The van der Waals surface area contributed by atoms with Crippen LogP contribution in [0.2, 0.25) is 0 Å². The van der Waals surface area contributed by atoms with E-state index in [2.05, 4.69) is 4.98 Å². The van der Waals surface area contributed by atoms with E-state index >= 15 is 0 Å². The number of hydrogen-bond donors (Lipinski definition) is 0. The van der Waals surface area contributed by atoms with Gasteiger partial charge in [0.05, 0.1) is 10.7 Å². The van der Waals surface area contributed by atoms with Crippen molar-refractivity contribution in [1.82, 2.24) is 4.98 Å². The molecule has 16 heavy (non-hydrogen) atoms. The van der Waals surface area contributed by atoms with Gasteiger partial charge in [-0.25, -0.2) is 4.98 Å². The van der Waals surface area contributed by atoms with Crippen LogP contribution in [-0.2, 0) is 15.6 Å². The zero-order valence-corrected chi connectivity index (χ0v) is 11.7. The number of aromatic nitrogens is 1. The van der Waals surface area contributed by atoms with E-state index in [4.69, 9.17) is 0 Å². The lowest BCUT2D eigenvalue weighted by atomic mass is 9.98. The first-order valence-electron chi connectivity index (χ1n) is 4.94. The number of aryl methyl sites for hydroxylation is 1. The highest BCUT2D eigenvalue weighted by Gasteiger charge is 2.28. The molecule has 1 unspecified atom stereocenters. The van der Waals surface area contributed by atoms with Crippen molar-refractivity contribution in [1.29, 1.82) is 0 Å². The van der Waals surface area contributed by atoms with Crippen LogP contribution in [-0.4, -0.2) is 13.4 Å². The summed E-state index contributed by atoms with van der Waals surface area (Å²) in [6.07, 6.45) is 0. The van der Waals surface area contributed by atoms with Crippen molar-refractivity contribution in [3.05, 3.63) is 15.6 Å². The summed E-state index contributed by atoms with van der Waals surface area (Å²) in [5, 5.41) is -0.295. The molecule has 1 rings (SSSR count). The van der Waals surface area contributed by atoms with Gasteiger partial charge in [-0.2, -0.15) is 8.42 Å². The minimum atomic E-state index is -4.54. The molecule has 0 aliphatic heterocycles. The number of rotatable bonds is 2. The van der Waals surface area contributed by atoms with Gasteiger partial charge in [0.1, 0.15) is 5.25 Å². The van der Waals surface area contributed by atoms with Gasteiger partial charge in [0.15, 0.2) is 0 Å². The molecule has 1 atom stereocenters. The highest BCUT2D eigenvalue weighted by Crippen LogP contribution is 2.35. The molecule has 0 spiro atoms. The lowest BCUT2D eigenvalue weighted by Crippen LogP contribution is -2.10. The molecule has 0 amide bonds. The molecule has 0 fully saturated rings. The lowest BCUT2D eigenvalue weighted by Gasteiger charge is -2.13. The molecule has 3 nitrogen and oxygen atoms in total. The van der Waals surface area contributed by atoms with Crippen LogP contribution in [0.3, 0.4) is 0 Å². The van der Waals surface area contributed by atoms with E-state index in [0.717, 1.165) is 5.01 Å². The molecule has 1 aromatic rings. The van der Waals surface area contributed by atoms with Crippen LogP contribution in [0.4, 0.5) is 3.89 Å². The molecule has 0 saturated carbocycles. The summed E-state index contributed by atoms with van der Waals surface area (Å²) < 4.78 is 34.6. The predicted octanol–water partition coefficient (Wildman–Crippen LogP) is 3.11. The van der Waals surface area contributed by atoms with Crippen molar-refractivity contribution in [3.8, 4) is 0 Å². The average molecular weight is 265 g/mol. The number of halogens is 1. The lowest BCUT2D eigenvalue weighted by molar-refractivity contribution is 0.541. The van der Waals surface area contributed by atoms with Crippen LogP contribution >= 0.6 is 11.3 Å². The van der Waals surface area contributed by atoms with Crippen LogP contribution in [0.25, 0.3) is 0 Å². The van der Waals surface area contributed by atoms with Gasteiger partial charge in [-0.05, 0) is 13.8 Å². The zero-order valence-electron chi connectivity index (χ0n) is 10.0. The van der Waals surface area contributed by atoms with Crippen LogP contribution in [0.1, 0.15) is 48.5 Å². The standard InChI is InChI=1S/C10H16FNO2S2/c1-6-8(7(2)16(11,13)14)15-9(12-6)10(3,4)5/h7H,1-5H3. The van der Waals surface area contributed by atoms with Crippen molar-refractivity contribution in [2.45, 2.75) is 45.3 Å². The molecule has 0 aliphatic rings. The third kappa shape index (κ3) is 2.79. The molecular weight excluding hydrogens is 249 g/mol. The van der Waals surface area contributed by atoms with Crippen molar-refractivity contribution in [2.75, 3.05) is 0 Å². The van der Waals surface area contributed by atoms with Gasteiger partial charge < -0.3 is 0 Å². The maximum absolute atomic E-state index is 12.9. The predicted molar refractivity (Wildman–Crippen MR) is 64.0 cm³/mol. The highest BCUT2D eigenvalue weighted by atomic mass is 32.3. The van der Waals surface area contributed by atoms with E-state index < -0.39 is 15.5 Å². The van der Waals surface area contributed by atoms with Crippen LogP contribution in [0.15, 0.2) is 0 Å². The summed E-state index contributed by atoms with van der Waals surface area (Å²) in [5.41, 5.74) is 0.455. The maximum atomic E-state index is 12.9. The smallest absolute Gasteiger partial charge is 0.246 e. The zero-order chi connectivity index (χ0) is 12.7. The molecule has 92 valence electrons. The van der Waals surface area contributed by atoms with E-state index in [9.17, 15) is 12.3 Å². The summed E-state index contributed by atoms with van der Waals surface area (Å²) in [4.78, 5) is 4.80. The van der Waals surface area contributed by atoms with Crippen molar-refractivity contribution in [3.63, 3.8) is 0 Å². The number of thiazole rings is 1. The molecule has 0 N–H and O–H groups in total. The molecule has 1 heterocycles. The van der Waals surface area contributed by atoms with Gasteiger partial charge in [0, 0.05) is 10.3 Å². The fourth-order valence-corrected chi connectivity index (χ4v) is 3.21. The summed E-state index contributed by atoms with van der Waals surface area (Å²) in [7, 11) is -4.54. The molecule has 6 heteroatoms. The minimum Gasteiger partial charge on any atom is -0.246 e. The normalized spacial score (nSPS) is 15.1. The Kier molecular flexibility index (Phi) is 3.45. The van der Waals surface area contributed by atoms with Gasteiger partial charge in [0.2, 0.25) is 0 Å². The minimum absolute atomic E-state index is 0.145. The number of hydrogen-bond acceptors (Lipinski definition) is 4. The third-order valence-electron chi connectivity index (χ3n) is 2.27. The van der Waals surface area contributed by atoms with Crippen molar-refractivity contribution in [2.24, 2.45) is 0 Å². The van der Waals surface area contributed by atoms with E-state index in [1.54, 1.807) is 6.92 Å². The first-order chi connectivity index (χ1) is 7.03. The second-order valence-corrected chi connectivity index (χ2v) is 7.53. The maximum Gasteiger partial charge on any atom is 0.310 e. The Morgan fingerprint density at radius 1 is 1.38 bits per heavy atom. The van der Waals surface area contributed by atoms with E-state index in [1.807, 2.05) is 20.8 Å². The molecule has 0 aliphatic carbocycles. The van der Waals surface area contributed by atoms with Gasteiger partial charge in [-0.3, -0.25) is 0 Å². The Labute approximate surface area is 99.9 Å². The molecule has 0 aromatic carbocycles. The van der Waals surface area contributed by atoms with Gasteiger partial charge in [-0.1, -0.05) is 20.8 Å². The summed E-state index contributed by atoms with van der Waals surface area (Å²) >= 11 is 1.27. The highest BCUT2D eigenvalue weighted by molar-refractivity contribution is 7.86. The summed E-state index contributed by atoms with van der Waals surface area (Å²) in [5.74, 6) is 0. The summed E-state index contributed by atoms with van der Waals surface area (Å²) in [6.45, 7) is 9.03. The molecular formula is C10H16FNO2S2. The molecule has 0 radical (unpaired) electrons. The first-order valence-corrected chi connectivity index (χ1v) is 7.21. The summed E-state index contributed by atoms with van der Waals surface area (Å²) in [6, 6.07) is 0. The van der Waals surface area contributed by atoms with E-state index in [0.29, 0.717) is 10.6 Å². The number of nitrogens with zero attached hydrogens (tertiary/aromatic N) is 1. The molecule has 1 aromatic heterocycles. The quantitative estimate of drug-likeness (QED) is 0.772. The SMILES string of the molecule is Cc1nc(C(C)(C)C)sc1C(C)S(=O)(=O)F. The van der Waals surface area contributed by atoms with Gasteiger partial charge in [-0.15, -0.1) is 15.2 Å². The Morgan fingerprint density at radius 2 is 1.88 bits per heavy atom. The molecule has 0 bridgehead atoms. The van der Waals surface area contributed by atoms with Gasteiger partial charge >= 0.3 is 10.2 Å². The van der Waals surface area contributed by atoms with E-state index in [1.165, 1.54) is 18.3 Å². The topological polar surface area (TPSA) is 47.0 Å². The average Bonchev–Trinajstić information content (AvgIpc) is 2.43. The Morgan fingerprint density at radius 3 is 2.19 bits per heavy atom. The van der Waals surface area contributed by atoms with Crippen molar-refractivity contribution < 1.29 is 12.3 Å². The Hall–Kier alpha value is -0.490. The van der Waals surface area contributed by atoms with Gasteiger partial charge in [0.25, 0.3) is 0 Å². The first kappa shape index (κ1) is 13.6. The van der Waals surface area contributed by atoms with Crippen LogP contribution < -0.4 is 0 Å². The fourth-order valence-electron chi connectivity index (χ4n) is 1.23. The molecule has 0 saturated heterocycles. The monoisotopic (exact) mass is 265 g/mol.